The van der Waals surface area contributed by atoms with E-state index in [1.165, 1.54) is 18.9 Å². The summed E-state index contributed by atoms with van der Waals surface area (Å²) in [5.74, 6) is -1.83. The number of methoxy groups -OCH3 is 2. The number of hydrogen-bond acceptors (Lipinski definition) is 6. The fraction of sp³-hybridized carbons (Fsp3) is 0.261. The second-order valence-corrected chi connectivity index (χ2v) is 8.31. The van der Waals surface area contributed by atoms with Crippen LogP contribution in [0.5, 0.6) is 5.75 Å². The lowest BCUT2D eigenvalue weighted by Crippen LogP contribution is -2.15. The van der Waals surface area contributed by atoms with E-state index in [9.17, 15) is 14.7 Å². The number of nitrogens with zero attached hydrogens (tertiary/aromatic N) is 2. The third-order valence-corrected chi connectivity index (χ3v) is 5.13. The molecule has 0 fully saturated rings. The van der Waals surface area contributed by atoms with Crippen molar-refractivity contribution < 1.29 is 24.2 Å². The monoisotopic (exact) mass is 442 g/mol. The number of aromatic hydroxyl groups is 1. The van der Waals surface area contributed by atoms with Crippen LogP contribution in [0.25, 0.3) is 16.9 Å². The highest BCUT2D eigenvalue weighted by Crippen LogP contribution is 2.41. The summed E-state index contributed by atoms with van der Waals surface area (Å²) < 4.78 is 11.2. The molecule has 3 aromatic rings. The van der Waals surface area contributed by atoms with Crippen LogP contribution in [0.1, 0.15) is 47.2 Å². The van der Waals surface area contributed by atoms with Crippen LogP contribution in [0.4, 0.5) is 0 Å². The van der Waals surface area contributed by atoms with Crippen LogP contribution in [0.15, 0.2) is 42.5 Å². The molecule has 0 aliphatic heterocycles. The summed E-state index contributed by atoms with van der Waals surface area (Å²) in [6.45, 7) is 5.97. The van der Waals surface area contributed by atoms with E-state index < -0.39 is 11.9 Å². The first-order chi connectivity index (χ1) is 14.6. The molecule has 162 valence electrons. The van der Waals surface area contributed by atoms with Crippen molar-refractivity contribution in [3.05, 3.63) is 64.3 Å². The first-order valence-electron chi connectivity index (χ1n) is 9.48. The van der Waals surface area contributed by atoms with Gasteiger partial charge in [-0.05, 0) is 35.2 Å². The highest BCUT2D eigenvalue weighted by Gasteiger charge is 2.33. The quantitative estimate of drug-likeness (QED) is 0.585. The number of carbonyl (C=O) groups is 2. The van der Waals surface area contributed by atoms with E-state index in [2.05, 4.69) is 5.10 Å². The lowest BCUT2D eigenvalue weighted by Gasteiger charge is -2.21. The zero-order chi connectivity index (χ0) is 22.9. The number of aromatic nitrogens is 2. The van der Waals surface area contributed by atoms with Crippen molar-refractivity contribution in [1.82, 2.24) is 9.78 Å². The third-order valence-electron chi connectivity index (χ3n) is 4.84. The summed E-state index contributed by atoms with van der Waals surface area (Å²) in [7, 11) is 2.41. The zero-order valence-electron chi connectivity index (χ0n) is 17.9. The van der Waals surface area contributed by atoms with Crippen LogP contribution in [0, 0.1) is 0 Å². The Bertz CT molecular complexity index is 1150. The molecule has 7 nitrogen and oxygen atoms in total. The summed E-state index contributed by atoms with van der Waals surface area (Å²) in [6, 6.07) is 12.2. The van der Waals surface area contributed by atoms with Crippen molar-refractivity contribution in [3.63, 3.8) is 0 Å². The van der Waals surface area contributed by atoms with Crippen molar-refractivity contribution >= 4 is 23.5 Å². The van der Waals surface area contributed by atoms with Crippen molar-refractivity contribution in [3.8, 4) is 22.7 Å². The van der Waals surface area contributed by atoms with Crippen molar-refractivity contribution in [2.24, 2.45) is 0 Å². The number of halogens is 1. The molecule has 0 aliphatic carbocycles. The highest BCUT2D eigenvalue weighted by atomic mass is 35.5. The lowest BCUT2D eigenvalue weighted by molar-refractivity contribution is 0.0549. The van der Waals surface area contributed by atoms with Gasteiger partial charge in [-0.2, -0.15) is 5.10 Å². The predicted octanol–water partition coefficient (Wildman–Crippen LogP) is 4.77. The minimum Gasteiger partial charge on any atom is -0.506 e. The Balaban J connectivity index is 2.44. The first-order valence-corrected chi connectivity index (χ1v) is 9.86. The van der Waals surface area contributed by atoms with E-state index in [4.69, 9.17) is 21.1 Å². The number of carbonyl (C=O) groups excluding carboxylic acids is 2. The molecule has 0 amide bonds. The molecule has 0 radical (unpaired) electrons. The highest BCUT2D eigenvalue weighted by molar-refractivity contribution is 6.32. The Morgan fingerprint density at radius 3 is 2.19 bits per heavy atom. The van der Waals surface area contributed by atoms with Crippen LogP contribution in [0.3, 0.4) is 0 Å². The smallest absolute Gasteiger partial charge is 0.357 e. The molecular weight excluding hydrogens is 420 g/mol. The van der Waals surface area contributed by atoms with Crippen molar-refractivity contribution in [2.45, 2.75) is 26.2 Å². The molecule has 0 bridgehead atoms. The van der Waals surface area contributed by atoms with E-state index >= 15 is 0 Å². The molecule has 0 saturated heterocycles. The molecule has 31 heavy (non-hydrogen) atoms. The van der Waals surface area contributed by atoms with E-state index in [1.54, 1.807) is 36.4 Å². The molecular formula is C23H23ClN2O5. The van der Waals surface area contributed by atoms with Crippen LogP contribution < -0.4 is 0 Å². The summed E-state index contributed by atoms with van der Waals surface area (Å²) >= 11 is 6.30. The van der Waals surface area contributed by atoms with E-state index in [-0.39, 0.29) is 38.7 Å². The number of ether oxygens (including phenoxy) is 2. The largest absolute Gasteiger partial charge is 0.506 e. The first kappa shape index (κ1) is 22.4. The summed E-state index contributed by atoms with van der Waals surface area (Å²) in [4.78, 5) is 25.5. The minimum absolute atomic E-state index is 0.0570. The fourth-order valence-corrected chi connectivity index (χ4v) is 3.38. The summed E-state index contributed by atoms with van der Waals surface area (Å²) in [6.07, 6.45) is 0. The predicted molar refractivity (Wildman–Crippen MR) is 117 cm³/mol. The van der Waals surface area contributed by atoms with E-state index in [0.29, 0.717) is 5.69 Å². The van der Waals surface area contributed by atoms with Gasteiger partial charge >= 0.3 is 11.9 Å². The topological polar surface area (TPSA) is 90.6 Å². The maximum absolute atomic E-state index is 12.8. The number of hydrogen-bond donors (Lipinski definition) is 1. The third kappa shape index (κ3) is 4.14. The number of esters is 2. The lowest BCUT2D eigenvalue weighted by atomic mass is 9.85. The Kier molecular flexibility index (Phi) is 6.08. The van der Waals surface area contributed by atoms with Gasteiger partial charge in [-0.15, -0.1) is 0 Å². The number of rotatable bonds is 4. The molecule has 0 atom stereocenters. The van der Waals surface area contributed by atoms with Crippen LogP contribution in [-0.2, 0) is 14.9 Å². The van der Waals surface area contributed by atoms with Crippen LogP contribution in [0.2, 0.25) is 5.02 Å². The van der Waals surface area contributed by atoms with Crippen LogP contribution in [-0.4, -0.2) is 41.0 Å². The zero-order valence-corrected chi connectivity index (χ0v) is 18.6. The summed E-state index contributed by atoms with van der Waals surface area (Å²) in [5.41, 5.74) is 1.05. The van der Waals surface area contributed by atoms with E-state index in [0.717, 1.165) is 5.56 Å². The van der Waals surface area contributed by atoms with Crippen molar-refractivity contribution in [1.29, 1.82) is 0 Å². The number of phenolic OH excluding ortho intramolecular Hbond substituents is 1. The maximum atomic E-state index is 12.8. The minimum atomic E-state index is -0.797. The number of phenols is 1. The fourth-order valence-electron chi connectivity index (χ4n) is 3.16. The molecule has 0 spiro atoms. The standard InChI is InChI=1S/C23H23ClN2O5/c1-23(2,3)13-11-15(20(27)16(24)12-13)18-17(21(28)30-4)19(22(29)31-5)26(25-18)14-9-7-6-8-10-14/h6-12,27H,1-5H3. The van der Waals surface area contributed by atoms with Gasteiger partial charge in [-0.25, -0.2) is 14.3 Å². The molecule has 2 aromatic carbocycles. The number of para-hydroxylation sites is 1. The van der Waals surface area contributed by atoms with Gasteiger partial charge in [0.15, 0.2) is 5.69 Å². The maximum Gasteiger partial charge on any atom is 0.357 e. The Morgan fingerprint density at radius 1 is 1.03 bits per heavy atom. The second-order valence-electron chi connectivity index (χ2n) is 7.91. The van der Waals surface area contributed by atoms with Crippen molar-refractivity contribution in [2.75, 3.05) is 14.2 Å². The average molecular weight is 443 g/mol. The molecule has 3 rings (SSSR count). The molecule has 1 heterocycles. The van der Waals surface area contributed by atoms with Gasteiger partial charge in [-0.3, -0.25) is 0 Å². The van der Waals surface area contributed by atoms with Gasteiger partial charge in [0.05, 0.1) is 24.9 Å². The molecule has 1 aromatic heterocycles. The summed E-state index contributed by atoms with van der Waals surface area (Å²) in [5, 5.41) is 15.4. The van der Waals surface area contributed by atoms with Gasteiger partial charge in [0.1, 0.15) is 17.0 Å². The molecule has 8 heteroatoms. The molecule has 1 N–H and O–H groups in total. The average Bonchev–Trinajstić information content (AvgIpc) is 3.14. The second kappa shape index (κ2) is 8.43. The molecule has 0 aliphatic rings. The molecule has 0 unspecified atom stereocenters. The Hall–Kier alpha value is -3.32. The Morgan fingerprint density at radius 2 is 1.65 bits per heavy atom. The van der Waals surface area contributed by atoms with E-state index in [1.807, 2.05) is 26.8 Å². The Labute approximate surface area is 185 Å². The van der Waals surface area contributed by atoms with Gasteiger partial charge in [0.25, 0.3) is 0 Å². The van der Waals surface area contributed by atoms with Gasteiger partial charge < -0.3 is 14.6 Å². The number of benzene rings is 2. The SMILES string of the molecule is COC(=O)c1c(-c2cc(C(C)(C)C)cc(Cl)c2O)nn(-c2ccccc2)c1C(=O)OC. The van der Waals surface area contributed by atoms with Crippen LogP contribution >= 0.6 is 11.6 Å². The van der Waals surface area contributed by atoms with Gasteiger partial charge in [0, 0.05) is 5.56 Å². The normalized spacial score (nSPS) is 11.3. The van der Waals surface area contributed by atoms with Gasteiger partial charge in [-0.1, -0.05) is 50.6 Å². The van der Waals surface area contributed by atoms with Gasteiger partial charge in [0.2, 0.25) is 0 Å². The molecule has 0 saturated carbocycles.